The lowest BCUT2D eigenvalue weighted by Crippen LogP contribution is -2.40. The van der Waals surface area contributed by atoms with E-state index in [4.69, 9.17) is 39.5 Å². The molecule has 6 rings (SSSR count). The number of anilines is 2. The van der Waals surface area contributed by atoms with E-state index in [1.165, 1.54) is 32.0 Å². The Labute approximate surface area is 268 Å². The number of hydrogen-bond donors (Lipinski definition) is 5. The number of ether oxygens (including phenoxy) is 4. The summed E-state index contributed by atoms with van der Waals surface area (Å²) in [6.07, 6.45) is -2.51. The molecule has 3 fully saturated rings. The molecule has 47 heavy (non-hydrogen) atoms. The number of nitrogens with two attached hydrogens (primary N) is 2. The van der Waals surface area contributed by atoms with Crippen LogP contribution in [-0.4, -0.2) is 134 Å². The van der Waals surface area contributed by atoms with Gasteiger partial charge in [0.2, 0.25) is 0 Å². The van der Waals surface area contributed by atoms with E-state index in [1.807, 2.05) is 0 Å². The van der Waals surface area contributed by atoms with Gasteiger partial charge in [-0.3, -0.25) is 23.1 Å². The van der Waals surface area contributed by atoms with Crippen LogP contribution in [0.25, 0.3) is 11.2 Å². The molecular weight excluding hydrogens is 643 g/mol. The molecule has 3 aliphatic rings. The van der Waals surface area contributed by atoms with Gasteiger partial charge in [0.05, 0.1) is 32.8 Å². The number of hydrogen-bond acceptors (Lipinski definition) is 17. The number of nitrogen functional groups attached to an aromatic ring is 2. The van der Waals surface area contributed by atoms with Gasteiger partial charge in [0.25, 0.3) is 0 Å². The Balaban J connectivity index is 1.18. The van der Waals surface area contributed by atoms with E-state index in [1.54, 1.807) is 4.57 Å². The summed E-state index contributed by atoms with van der Waals surface area (Å²) in [5.41, 5.74) is 11.7. The molecule has 258 valence electrons. The third-order valence-electron chi connectivity index (χ3n) is 8.29. The zero-order valence-corrected chi connectivity index (χ0v) is 26.5. The summed E-state index contributed by atoms with van der Waals surface area (Å²) in [5, 5.41) is 24.1. The Kier molecular flexibility index (Phi) is 10.4. The molecule has 0 saturated carbocycles. The van der Waals surface area contributed by atoms with Crippen LogP contribution in [0.2, 0.25) is 0 Å². The fourth-order valence-corrected chi connectivity index (χ4v) is 7.34. The molecule has 3 aromatic rings. The van der Waals surface area contributed by atoms with Gasteiger partial charge in [0.1, 0.15) is 54.4 Å². The molecular formula is C26H39N10O10P. The number of nitrogens with one attached hydrogen (secondary N) is 1. The average Bonchev–Trinajstić information content (AvgIpc) is 3.76. The zero-order valence-electron chi connectivity index (χ0n) is 25.6. The molecule has 0 amide bonds. The van der Waals surface area contributed by atoms with Crippen molar-refractivity contribution in [2.24, 2.45) is 0 Å². The SMILES string of the molecule is COC1C(O)[C@@H](COP(=O)(NCCN2CCOCC2)OC2C[C@H](n3cnc4c(N)ncnc43)O[C@@H]2CO)O[C@H]1n1ccc(N)nc1=O. The Bertz CT molecular complexity index is 1620. The summed E-state index contributed by atoms with van der Waals surface area (Å²) < 4.78 is 52.0. The summed E-state index contributed by atoms with van der Waals surface area (Å²) >= 11 is 0. The molecule has 0 spiro atoms. The van der Waals surface area contributed by atoms with Gasteiger partial charge >= 0.3 is 13.4 Å². The van der Waals surface area contributed by atoms with Crippen molar-refractivity contribution in [3.63, 3.8) is 0 Å². The van der Waals surface area contributed by atoms with Gasteiger partial charge in [0.15, 0.2) is 17.7 Å². The Morgan fingerprint density at radius 1 is 1.15 bits per heavy atom. The van der Waals surface area contributed by atoms with E-state index < -0.39 is 69.6 Å². The summed E-state index contributed by atoms with van der Waals surface area (Å²) in [6, 6.07) is 1.41. The fourth-order valence-electron chi connectivity index (χ4n) is 5.81. The molecule has 8 atom stereocenters. The van der Waals surface area contributed by atoms with E-state index in [0.717, 1.165) is 4.57 Å². The second-order valence-corrected chi connectivity index (χ2v) is 13.0. The highest BCUT2D eigenvalue weighted by atomic mass is 31.2. The van der Waals surface area contributed by atoms with Gasteiger partial charge in [-0.1, -0.05) is 0 Å². The van der Waals surface area contributed by atoms with Crippen LogP contribution in [0.5, 0.6) is 0 Å². The standard InChI is InChI=1S/C26H39N10O10P/c1-41-22-21(38)17(45-25(22)35-4-2-18(27)33-26(35)39)12-43-47(40,32-3-5-34-6-8-42-9-7-34)46-15-10-19(44-16(15)11-37)36-14-31-20-23(28)29-13-30-24(20)36/h2,4,13-17,19,21-22,25,37-38H,3,5-12H2,1H3,(H,32,40)(H2,27,33,39)(H2,28,29,30)/t15?,16-,17-,19-,21?,22?,25-,47?/m1/s1. The molecule has 20 nitrogen and oxygen atoms in total. The van der Waals surface area contributed by atoms with Gasteiger partial charge in [-0.15, -0.1) is 0 Å². The van der Waals surface area contributed by atoms with Crippen molar-refractivity contribution < 1.29 is 42.8 Å². The second kappa shape index (κ2) is 14.5. The highest BCUT2D eigenvalue weighted by Gasteiger charge is 2.48. The molecule has 0 radical (unpaired) electrons. The number of fused-ring (bicyclic) bond motifs is 1. The number of nitrogens with zero attached hydrogens (tertiary/aromatic N) is 7. The first-order valence-corrected chi connectivity index (χ1v) is 16.6. The van der Waals surface area contributed by atoms with E-state index in [9.17, 15) is 19.6 Å². The molecule has 3 aliphatic heterocycles. The molecule has 21 heteroatoms. The number of morpholine rings is 1. The first kappa shape index (κ1) is 33.7. The number of aromatic nitrogens is 6. The normalized spacial score (nSPS) is 29.8. The topological polar surface area (TPSA) is 259 Å². The number of aliphatic hydroxyl groups excluding tert-OH is 2. The predicted molar refractivity (Wildman–Crippen MR) is 163 cm³/mol. The van der Waals surface area contributed by atoms with Crippen LogP contribution < -0.4 is 22.2 Å². The maximum Gasteiger partial charge on any atom is 0.406 e. The largest absolute Gasteiger partial charge is 0.406 e. The lowest BCUT2D eigenvalue weighted by Gasteiger charge is -2.29. The van der Waals surface area contributed by atoms with E-state index in [-0.39, 0.29) is 24.6 Å². The Hall–Kier alpha value is -3.14. The average molecular weight is 683 g/mol. The minimum atomic E-state index is -4.16. The minimum Gasteiger partial charge on any atom is -0.394 e. The first-order valence-electron chi connectivity index (χ1n) is 15.1. The number of rotatable bonds is 13. The Morgan fingerprint density at radius 2 is 1.96 bits per heavy atom. The van der Waals surface area contributed by atoms with Gasteiger partial charge in [-0.05, 0) is 6.07 Å². The molecule has 0 aliphatic carbocycles. The molecule has 0 aromatic carbocycles. The second-order valence-electron chi connectivity index (χ2n) is 11.2. The number of imidazole rings is 1. The van der Waals surface area contributed by atoms with Crippen LogP contribution in [0, 0.1) is 0 Å². The van der Waals surface area contributed by atoms with Gasteiger partial charge in [-0.25, -0.2) is 29.4 Å². The lowest BCUT2D eigenvalue weighted by molar-refractivity contribution is -0.0633. The van der Waals surface area contributed by atoms with Crippen molar-refractivity contribution in [3.05, 3.63) is 35.4 Å². The highest BCUT2D eigenvalue weighted by Crippen LogP contribution is 2.49. The first-order chi connectivity index (χ1) is 22.7. The summed E-state index contributed by atoms with van der Waals surface area (Å²) in [7, 11) is -2.80. The maximum atomic E-state index is 14.3. The predicted octanol–water partition coefficient (Wildman–Crippen LogP) is -1.77. The maximum absolute atomic E-state index is 14.3. The van der Waals surface area contributed by atoms with Gasteiger partial charge in [0, 0.05) is 45.9 Å². The lowest BCUT2D eigenvalue weighted by atomic mass is 10.1. The van der Waals surface area contributed by atoms with Crippen LogP contribution in [-0.2, 0) is 32.6 Å². The van der Waals surface area contributed by atoms with Crippen LogP contribution in [0.3, 0.4) is 0 Å². The molecule has 0 bridgehead atoms. The van der Waals surface area contributed by atoms with Crippen LogP contribution in [0.4, 0.5) is 11.6 Å². The summed E-state index contributed by atoms with van der Waals surface area (Å²) in [5.74, 6) is 0.227. The quantitative estimate of drug-likeness (QED) is 0.125. The molecule has 7 N–H and O–H groups in total. The monoisotopic (exact) mass is 682 g/mol. The van der Waals surface area contributed by atoms with Crippen molar-refractivity contribution in [1.82, 2.24) is 39.1 Å². The summed E-state index contributed by atoms with van der Waals surface area (Å²) in [6.45, 7) is 2.52. The van der Waals surface area contributed by atoms with Gasteiger partial charge < -0.3 is 40.6 Å². The minimum absolute atomic E-state index is 0.0258. The smallest absolute Gasteiger partial charge is 0.394 e. The van der Waals surface area contributed by atoms with Crippen molar-refractivity contribution in [2.75, 3.05) is 71.2 Å². The van der Waals surface area contributed by atoms with Crippen molar-refractivity contribution in [1.29, 1.82) is 0 Å². The van der Waals surface area contributed by atoms with Gasteiger partial charge in [-0.2, -0.15) is 4.98 Å². The van der Waals surface area contributed by atoms with E-state index in [0.29, 0.717) is 44.0 Å². The number of methoxy groups -OCH3 is 1. The van der Waals surface area contributed by atoms with E-state index >= 15 is 0 Å². The van der Waals surface area contributed by atoms with Crippen molar-refractivity contribution in [3.8, 4) is 0 Å². The molecule has 6 heterocycles. The van der Waals surface area contributed by atoms with Crippen molar-refractivity contribution in [2.45, 2.75) is 49.4 Å². The fraction of sp³-hybridized carbons (Fsp3) is 0.654. The van der Waals surface area contributed by atoms with Crippen LogP contribution in [0.15, 0.2) is 29.7 Å². The van der Waals surface area contributed by atoms with Crippen molar-refractivity contribution >= 4 is 30.5 Å². The Morgan fingerprint density at radius 3 is 2.70 bits per heavy atom. The highest BCUT2D eigenvalue weighted by molar-refractivity contribution is 7.51. The zero-order chi connectivity index (χ0) is 33.1. The molecule has 3 saturated heterocycles. The van der Waals surface area contributed by atoms with E-state index in [2.05, 4.69) is 29.9 Å². The molecule has 3 aromatic heterocycles. The molecule has 4 unspecified atom stereocenters. The van der Waals surface area contributed by atoms with Crippen LogP contribution in [0.1, 0.15) is 18.9 Å². The third kappa shape index (κ3) is 7.32. The number of aliphatic hydroxyl groups is 2. The third-order valence-corrected chi connectivity index (χ3v) is 9.94. The summed E-state index contributed by atoms with van der Waals surface area (Å²) in [4.78, 5) is 30.8. The van der Waals surface area contributed by atoms with Crippen LogP contribution >= 0.6 is 7.75 Å².